The highest BCUT2D eigenvalue weighted by Gasteiger charge is 2.35. The molecule has 0 atom stereocenters. The van der Waals surface area contributed by atoms with Gasteiger partial charge in [0.1, 0.15) is 0 Å². The Hall–Kier alpha value is -0.0800. The number of rotatable bonds is 2. The Morgan fingerprint density at radius 2 is 2.11 bits per heavy atom. The summed E-state index contributed by atoms with van der Waals surface area (Å²) in [4.78, 5) is 2.26. The lowest BCUT2D eigenvalue weighted by Crippen LogP contribution is -2.59. The zero-order valence-electron chi connectivity index (χ0n) is 6.22. The Morgan fingerprint density at radius 3 is 2.44 bits per heavy atom. The molecule has 2 heteroatoms. The standard InChI is InChI=1S/C7H15NO/c1-3-4-8-5-7(2,9)6-8/h9H,3-6H2,1-2H3. The lowest BCUT2D eigenvalue weighted by molar-refractivity contribution is -0.0827. The summed E-state index contributed by atoms with van der Waals surface area (Å²) in [7, 11) is 0. The van der Waals surface area contributed by atoms with E-state index in [4.69, 9.17) is 0 Å². The molecule has 2 nitrogen and oxygen atoms in total. The second kappa shape index (κ2) is 2.27. The Balaban J connectivity index is 2.12. The number of nitrogens with zero attached hydrogens (tertiary/aromatic N) is 1. The molecule has 1 rings (SSSR count). The molecule has 0 spiro atoms. The number of aliphatic hydroxyl groups is 1. The molecule has 1 fully saturated rings. The minimum absolute atomic E-state index is 0.380. The van der Waals surface area contributed by atoms with Crippen molar-refractivity contribution in [1.29, 1.82) is 0 Å². The maximum atomic E-state index is 9.27. The minimum atomic E-state index is -0.380. The molecule has 54 valence electrons. The largest absolute Gasteiger partial charge is 0.388 e. The normalized spacial score (nSPS) is 25.7. The van der Waals surface area contributed by atoms with Crippen LogP contribution >= 0.6 is 0 Å². The summed E-state index contributed by atoms with van der Waals surface area (Å²) in [6.45, 7) is 6.91. The Bertz CT molecular complexity index is 93.1. The van der Waals surface area contributed by atoms with Gasteiger partial charge < -0.3 is 5.11 Å². The van der Waals surface area contributed by atoms with Crippen LogP contribution in [-0.2, 0) is 0 Å². The van der Waals surface area contributed by atoms with E-state index in [1.54, 1.807) is 0 Å². The van der Waals surface area contributed by atoms with E-state index in [2.05, 4.69) is 11.8 Å². The summed E-state index contributed by atoms with van der Waals surface area (Å²) in [5, 5.41) is 9.27. The number of β-amino-alcohol motifs (C(OH)–C–C–N with tert-alkyl or cyclic N) is 1. The monoisotopic (exact) mass is 129 g/mol. The van der Waals surface area contributed by atoms with Gasteiger partial charge in [-0.15, -0.1) is 0 Å². The zero-order chi connectivity index (χ0) is 6.91. The first-order chi connectivity index (χ1) is 4.14. The smallest absolute Gasteiger partial charge is 0.0872 e. The van der Waals surface area contributed by atoms with Crippen molar-refractivity contribution >= 4 is 0 Å². The van der Waals surface area contributed by atoms with Gasteiger partial charge in [-0.2, -0.15) is 0 Å². The van der Waals surface area contributed by atoms with Crippen LogP contribution < -0.4 is 0 Å². The van der Waals surface area contributed by atoms with Gasteiger partial charge in [0.05, 0.1) is 5.60 Å². The predicted octanol–water partition coefficient (Wildman–Crippen LogP) is 0.463. The highest BCUT2D eigenvalue weighted by molar-refractivity contribution is 4.90. The van der Waals surface area contributed by atoms with Gasteiger partial charge >= 0.3 is 0 Å². The third-order valence-electron chi connectivity index (χ3n) is 1.67. The molecule has 0 aromatic heterocycles. The van der Waals surface area contributed by atoms with E-state index in [1.165, 1.54) is 6.42 Å². The number of hydrogen-bond acceptors (Lipinski definition) is 2. The van der Waals surface area contributed by atoms with Gasteiger partial charge in [-0.3, -0.25) is 4.90 Å². The molecule has 1 heterocycles. The third-order valence-corrected chi connectivity index (χ3v) is 1.67. The molecule has 0 amide bonds. The summed E-state index contributed by atoms with van der Waals surface area (Å²) < 4.78 is 0. The van der Waals surface area contributed by atoms with Gasteiger partial charge in [-0.25, -0.2) is 0 Å². The molecule has 9 heavy (non-hydrogen) atoms. The van der Waals surface area contributed by atoms with Gasteiger partial charge in [0.25, 0.3) is 0 Å². The quantitative estimate of drug-likeness (QED) is 0.585. The van der Waals surface area contributed by atoms with Gasteiger partial charge in [0.2, 0.25) is 0 Å². The van der Waals surface area contributed by atoms with Crippen LogP contribution in [0.3, 0.4) is 0 Å². The second-order valence-corrected chi connectivity index (χ2v) is 3.21. The summed E-state index contributed by atoms with van der Waals surface area (Å²) in [5.41, 5.74) is -0.380. The SMILES string of the molecule is CCCN1CC(C)(O)C1. The Labute approximate surface area is 56.5 Å². The molecule has 1 aliphatic rings. The van der Waals surface area contributed by atoms with E-state index in [-0.39, 0.29) is 5.60 Å². The van der Waals surface area contributed by atoms with Crippen molar-refractivity contribution in [3.8, 4) is 0 Å². The Morgan fingerprint density at radius 1 is 1.56 bits per heavy atom. The van der Waals surface area contributed by atoms with Gasteiger partial charge in [0.15, 0.2) is 0 Å². The fourth-order valence-corrected chi connectivity index (χ4v) is 1.39. The molecule has 0 aliphatic carbocycles. The summed E-state index contributed by atoms with van der Waals surface area (Å²) in [5.74, 6) is 0. The summed E-state index contributed by atoms with van der Waals surface area (Å²) in [6, 6.07) is 0. The van der Waals surface area contributed by atoms with Gasteiger partial charge in [-0.05, 0) is 19.9 Å². The highest BCUT2D eigenvalue weighted by atomic mass is 16.3. The maximum absolute atomic E-state index is 9.27. The average molecular weight is 129 g/mol. The molecule has 0 saturated carbocycles. The maximum Gasteiger partial charge on any atom is 0.0872 e. The first-order valence-corrected chi connectivity index (χ1v) is 3.59. The minimum Gasteiger partial charge on any atom is -0.388 e. The molecule has 1 saturated heterocycles. The fraction of sp³-hybridized carbons (Fsp3) is 1.00. The van der Waals surface area contributed by atoms with E-state index in [0.717, 1.165) is 19.6 Å². The molecule has 0 radical (unpaired) electrons. The van der Waals surface area contributed by atoms with Crippen LogP contribution in [0.25, 0.3) is 0 Å². The second-order valence-electron chi connectivity index (χ2n) is 3.21. The molecular formula is C7H15NO. The third kappa shape index (κ3) is 1.66. The molecule has 0 aromatic carbocycles. The van der Waals surface area contributed by atoms with Crippen LogP contribution in [-0.4, -0.2) is 35.2 Å². The first-order valence-electron chi connectivity index (χ1n) is 3.59. The molecule has 0 aromatic rings. The molecule has 1 aliphatic heterocycles. The predicted molar refractivity (Wildman–Crippen MR) is 37.4 cm³/mol. The van der Waals surface area contributed by atoms with Crippen LogP contribution in [0.4, 0.5) is 0 Å². The first kappa shape index (κ1) is 7.03. The summed E-state index contributed by atoms with van der Waals surface area (Å²) >= 11 is 0. The average Bonchev–Trinajstić information content (AvgIpc) is 1.62. The fourth-order valence-electron chi connectivity index (χ4n) is 1.39. The molecule has 0 unspecified atom stereocenters. The van der Waals surface area contributed by atoms with E-state index in [0.29, 0.717) is 0 Å². The van der Waals surface area contributed by atoms with Crippen LogP contribution in [0.15, 0.2) is 0 Å². The zero-order valence-corrected chi connectivity index (χ0v) is 6.22. The van der Waals surface area contributed by atoms with Crippen LogP contribution in [0, 0.1) is 0 Å². The number of likely N-dealkylation sites (tertiary alicyclic amines) is 1. The van der Waals surface area contributed by atoms with E-state index in [9.17, 15) is 5.11 Å². The highest BCUT2D eigenvalue weighted by Crippen LogP contribution is 2.18. The molecule has 1 N–H and O–H groups in total. The van der Waals surface area contributed by atoms with E-state index >= 15 is 0 Å². The molecular weight excluding hydrogens is 114 g/mol. The van der Waals surface area contributed by atoms with E-state index < -0.39 is 0 Å². The van der Waals surface area contributed by atoms with Crippen molar-refractivity contribution in [2.24, 2.45) is 0 Å². The van der Waals surface area contributed by atoms with Crippen molar-refractivity contribution in [2.45, 2.75) is 25.9 Å². The van der Waals surface area contributed by atoms with Crippen LogP contribution in [0.1, 0.15) is 20.3 Å². The lowest BCUT2D eigenvalue weighted by Gasteiger charge is -2.44. The van der Waals surface area contributed by atoms with Crippen molar-refractivity contribution < 1.29 is 5.11 Å². The topological polar surface area (TPSA) is 23.5 Å². The van der Waals surface area contributed by atoms with Crippen LogP contribution in [0.2, 0.25) is 0 Å². The van der Waals surface area contributed by atoms with E-state index in [1.807, 2.05) is 6.92 Å². The van der Waals surface area contributed by atoms with Crippen molar-refractivity contribution in [3.05, 3.63) is 0 Å². The molecule has 0 bridgehead atoms. The van der Waals surface area contributed by atoms with Crippen molar-refractivity contribution in [2.75, 3.05) is 19.6 Å². The van der Waals surface area contributed by atoms with Crippen LogP contribution in [0.5, 0.6) is 0 Å². The van der Waals surface area contributed by atoms with Crippen molar-refractivity contribution in [1.82, 2.24) is 4.90 Å². The summed E-state index contributed by atoms with van der Waals surface area (Å²) in [6.07, 6.45) is 1.19. The van der Waals surface area contributed by atoms with Crippen molar-refractivity contribution in [3.63, 3.8) is 0 Å². The number of hydrogen-bond donors (Lipinski definition) is 1. The van der Waals surface area contributed by atoms with Gasteiger partial charge in [-0.1, -0.05) is 6.92 Å². The Kier molecular flexibility index (Phi) is 1.78. The lowest BCUT2D eigenvalue weighted by atomic mass is 9.97. The van der Waals surface area contributed by atoms with Gasteiger partial charge in [0, 0.05) is 13.1 Å².